The summed E-state index contributed by atoms with van der Waals surface area (Å²) < 4.78 is 12.1. The van der Waals surface area contributed by atoms with Gasteiger partial charge in [-0.2, -0.15) is 0 Å². The minimum absolute atomic E-state index is 0.211. The third-order valence-corrected chi connectivity index (χ3v) is 5.15. The van der Waals surface area contributed by atoms with Crippen LogP contribution in [0.5, 0.6) is 5.75 Å². The van der Waals surface area contributed by atoms with Gasteiger partial charge in [0.2, 0.25) is 0 Å². The lowest BCUT2D eigenvalue weighted by Gasteiger charge is -2.16. The maximum atomic E-state index is 13.5. The third-order valence-electron chi connectivity index (χ3n) is 5.15. The van der Waals surface area contributed by atoms with E-state index in [0.29, 0.717) is 29.1 Å². The quantitative estimate of drug-likeness (QED) is 0.512. The first-order chi connectivity index (χ1) is 14.5. The molecule has 0 fully saturated rings. The van der Waals surface area contributed by atoms with Crippen LogP contribution in [0.25, 0.3) is 5.69 Å². The van der Waals surface area contributed by atoms with Crippen molar-refractivity contribution in [2.45, 2.75) is 26.7 Å². The number of benzene rings is 2. The van der Waals surface area contributed by atoms with Crippen molar-refractivity contribution in [3.05, 3.63) is 103 Å². The zero-order valence-corrected chi connectivity index (χ0v) is 17.1. The van der Waals surface area contributed by atoms with E-state index in [1.54, 1.807) is 6.92 Å². The molecule has 4 aromatic rings. The van der Waals surface area contributed by atoms with Crippen LogP contribution < -0.4 is 15.9 Å². The molecule has 1 unspecified atom stereocenters. The highest BCUT2D eigenvalue weighted by atomic mass is 16.5. The molecule has 1 atom stereocenters. The van der Waals surface area contributed by atoms with Gasteiger partial charge in [-0.25, -0.2) is 14.6 Å². The lowest BCUT2D eigenvalue weighted by Crippen LogP contribution is -2.23. The topological polar surface area (TPSA) is 93.0 Å². The lowest BCUT2D eigenvalue weighted by atomic mass is 9.85. The molecule has 0 saturated heterocycles. The van der Waals surface area contributed by atoms with E-state index >= 15 is 0 Å². The Morgan fingerprint density at radius 3 is 2.27 bits per heavy atom. The maximum absolute atomic E-state index is 13.5. The predicted octanol–water partition coefficient (Wildman–Crippen LogP) is 3.64. The SMILES string of the molecule is CCOc1ccc(C(c2c(C)[nH]oc2=O)c2c(C)[nH]n(-c3ccccc3)c2=O)cc1. The molecule has 2 aromatic heterocycles. The Labute approximate surface area is 172 Å². The molecule has 30 heavy (non-hydrogen) atoms. The molecule has 2 aromatic carbocycles. The number of aromatic amines is 2. The first-order valence-corrected chi connectivity index (χ1v) is 9.79. The lowest BCUT2D eigenvalue weighted by molar-refractivity contribution is 0.340. The largest absolute Gasteiger partial charge is 0.494 e. The molecule has 4 rings (SSSR count). The van der Waals surface area contributed by atoms with Crippen LogP contribution in [0, 0.1) is 13.8 Å². The summed E-state index contributed by atoms with van der Waals surface area (Å²) in [5, 5.41) is 5.78. The average molecular weight is 405 g/mol. The standard InChI is InChI=1S/C23H23N3O4/c1-4-29-18-12-10-16(11-13-18)21(20-15(3)25-30-23(20)28)19-14(2)24-26(22(19)27)17-8-6-5-7-9-17/h5-13,21,24-25H,4H2,1-3H3. The number of aromatic nitrogens is 3. The second kappa shape index (κ2) is 7.94. The second-order valence-corrected chi connectivity index (χ2v) is 7.09. The predicted molar refractivity (Wildman–Crippen MR) is 114 cm³/mol. The van der Waals surface area contributed by atoms with Crippen molar-refractivity contribution in [3.8, 4) is 11.4 Å². The first-order valence-electron chi connectivity index (χ1n) is 9.79. The van der Waals surface area contributed by atoms with E-state index in [4.69, 9.17) is 9.26 Å². The molecule has 7 nitrogen and oxygen atoms in total. The number of nitrogens with zero attached hydrogens (tertiary/aromatic N) is 1. The zero-order valence-electron chi connectivity index (χ0n) is 17.1. The summed E-state index contributed by atoms with van der Waals surface area (Å²) in [6.07, 6.45) is 0. The molecule has 2 N–H and O–H groups in total. The fourth-order valence-corrected chi connectivity index (χ4v) is 3.78. The Balaban J connectivity index is 1.93. The summed E-state index contributed by atoms with van der Waals surface area (Å²) in [5.74, 6) is 0.141. The number of rotatable bonds is 6. The van der Waals surface area contributed by atoms with E-state index in [-0.39, 0.29) is 5.56 Å². The summed E-state index contributed by atoms with van der Waals surface area (Å²) in [7, 11) is 0. The van der Waals surface area contributed by atoms with Gasteiger partial charge in [-0.1, -0.05) is 30.3 Å². The van der Waals surface area contributed by atoms with Crippen molar-refractivity contribution >= 4 is 0 Å². The Morgan fingerprint density at radius 1 is 0.967 bits per heavy atom. The highest BCUT2D eigenvalue weighted by Crippen LogP contribution is 2.32. The molecular weight excluding hydrogens is 382 g/mol. The van der Waals surface area contributed by atoms with E-state index in [2.05, 4.69) is 10.3 Å². The van der Waals surface area contributed by atoms with Gasteiger partial charge in [-0.15, -0.1) is 0 Å². The van der Waals surface area contributed by atoms with E-state index < -0.39 is 11.5 Å². The summed E-state index contributed by atoms with van der Waals surface area (Å²) in [5.41, 5.74) is 3.01. The number of para-hydroxylation sites is 1. The number of hydrogen-bond donors (Lipinski definition) is 2. The summed E-state index contributed by atoms with van der Waals surface area (Å²) in [6.45, 7) is 6.07. The van der Waals surface area contributed by atoms with Gasteiger partial charge in [0.05, 0.1) is 35.0 Å². The Bertz CT molecular complexity index is 1260. The molecule has 154 valence electrons. The molecule has 7 heteroatoms. The van der Waals surface area contributed by atoms with Crippen molar-refractivity contribution in [2.24, 2.45) is 0 Å². The van der Waals surface area contributed by atoms with E-state index in [9.17, 15) is 9.59 Å². The van der Waals surface area contributed by atoms with E-state index in [0.717, 1.165) is 17.0 Å². The molecule has 0 bridgehead atoms. The fraction of sp³-hybridized carbons (Fsp3) is 0.217. The van der Waals surface area contributed by atoms with Crippen LogP contribution in [0.2, 0.25) is 0 Å². The molecule has 0 radical (unpaired) electrons. The molecule has 0 aliphatic rings. The Hall–Kier alpha value is -3.74. The van der Waals surface area contributed by atoms with Gasteiger partial charge in [0.15, 0.2) is 0 Å². The highest BCUT2D eigenvalue weighted by Gasteiger charge is 2.30. The number of aryl methyl sites for hydroxylation is 2. The Kier molecular flexibility index (Phi) is 5.18. The van der Waals surface area contributed by atoms with Crippen LogP contribution in [0.15, 0.2) is 68.7 Å². The molecule has 0 spiro atoms. The number of hydrogen-bond acceptors (Lipinski definition) is 4. The first kappa shape index (κ1) is 19.6. The zero-order chi connectivity index (χ0) is 21.3. The van der Waals surface area contributed by atoms with Crippen molar-refractivity contribution in [1.29, 1.82) is 0 Å². The molecule has 0 saturated carbocycles. The molecule has 0 aliphatic heterocycles. The van der Waals surface area contributed by atoms with Gasteiger partial charge in [0, 0.05) is 5.69 Å². The van der Waals surface area contributed by atoms with Crippen LogP contribution >= 0.6 is 0 Å². The number of ether oxygens (including phenoxy) is 1. The van der Waals surface area contributed by atoms with Crippen LogP contribution in [0.4, 0.5) is 0 Å². The van der Waals surface area contributed by atoms with E-state index in [1.807, 2.05) is 68.4 Å². The van der Waals surface area contributed by atoms with Gasteiger partial charge in [0.25, 0.3) is 5.56 Å². The molecular formula is C23H23N3O4. The number of H-pyrrole nitrogens is 2. The van der Waals surface area contributed by atoms with Gasteiger partial charge in [-0.3, -0.25) is 9.89 Å². The summed E-state index contributed by atoms with van der Waals surface area (Å²) in [4.78, 5) is 26.0. The fourth-order valence-electron chi connectivity index (χ4n) is 3.78. The van der Waals surface area contributed by atoms with Crippen molar-refractivity contribution < 1.29 is 9.26 Å². The molecule has 0 amide bonds. The smallest absolute Gasteiger partial charge is 0.361 e. The van der Waals surface area contributed by atoms with Crippen LogP contribution in [-0.2, 0) is 0 Å². The minimum atomic E-state index is -0.586. The number of nitrogens with one attached hydrogen (secondary N) is 2. The van der Waals surface area contributed by atoms with Gasteiger partial charge in [0.1, 0.15) is 5.75 Å². The second-order valence-electron chi connectivity index (χ2n) is 7.09. The highest BCUT2D eigenvalue weighted by molar-refractivity contribution is 5.46. The van der Waals surface area contributed by atoms with Crippen molar-refractivity contribution in [2.75, 3.05) is 6.61 Å². The third kappa shape index (κ3) is 3.39. The normalized spacial score (nSPS) is 12.1. The summed E-state index contributed by atoms with van der Waals surface area (Å²) >= 11 is 0. The van der Waals surface area contributed by atoms with Gasteiger partial charge < -0.3 is 9.26 Å². The van der Waals surface area contributed by atoms with Crippen LogP contribution in [0.1, 0.15) is 40.9 Å². The Morgan fingerprint density at radius 2 is 1.67 bits per heavy atom. The molecule has 2 heterocycles. The van der Waals surface area contributed by atoms with Crippen LogP contribution in [0.3, 0.4) is 0 Å². The van der Waals surface area contributed by atoms with Crippen molar-refractivity contribution in [1.82, 2.24) is 14.9 Å². The van der Waals surface area contributed by atoms with Gasteiger partial charge >= 0.3 is 5.63 Å². The molecule has 0 aliphatic carbocycles. The van der Waals surface area contributed by atoms with Crippen LogP contribution in [-0.4, -0.2) is 21.5 Å². The van der Waals surface area contributed by atoms with Crippen molar-refractivity contribution in [3.63, 3.8) is 0 Å². The minimum Gasteiger partial charge on any atom is -0.494 e. The average Bonchev–Trinajstić information content (AvgIpc) is 3.24. The maximum Gasteiger partial charge on any atom is 0.361 e. The van der Waals surface area contributed by atoms with Gasteiger partial charge in [-0.05, 0) is 50.6 Å². The van der Waals surface area contributed by atoms with E-state index in [1.165, 1.54) is 4.68 Å². The monoisotopic (exact) mass is 405 g/mol. The summed E-state index contributed by atoms with van der Waals surface area (Å²) in [6, 6.07) is 16.8.